The van der Waals surface area contributed by atoms with Gasteiger partial charge in [0.05, 0.1) is 5.75 Å². The van der Waals surface area contributed by atoms with Crippen LogP contribution in [0.2, 0.25) is 0 Å². The smallest absolute Gasteiger partial charge is 0.313 e. The van der Waals surface area contributed by atoms with Crippen molar-refractivity contribution in [2.45, 2.75) is 25.5 Å². The van der Waals surface area contributed by atoms with Gasteiger partial charge in [-0.1, -0.05) is 25.6 Å². The maximum atomic E-state index is 11.6. The van der Waals surface area contributed by atoms with Gasteiger partial charge < -0.3 is 10.4 Å². The third kappa shape index (κ3) is 5.17. The standard InChI is InChI=1S/C10H16N4O3S/c1-7(2)3-11-8(15)4-14-6-12-13-10(14)18-5-9(16)17/h6-7H,3-5H2,1-2H3,(H,11,15)(H,16,17). The van der Waals surface area contributed by atoms with E-state index in [1.54, 1.807) is 0 Å². The quantitative estimate of drug-likeness (QED) is 0.689. The van der Waals surface area contributed by atoms with Crippen LogP contribution < -0.4 is 5.32 Å². The van der Waals surface area contributed by atoms with Gasteiger partial charge in [-0.2, -0.15) is 0 Å². The number of aromatic nitrogens is 3. The second-order valence-corrected chi connectivity index (χ2v) is 5.06. The Labute approximate surface area is 109 Å². The number of carboxylic acids is 1. The van der Waals surface area contributed by atoms with Crippen LogP contribution in [0.4, 0.5) is 0 Å². The predicted molar refractivity (Wildman–Crippen MR) is 66.2 cm³/mol. The van der Waals surface area contributed by atoms with Crippen LogP contribution in [0.3, 0.4) is 0 Å². The number of carboxylic acid groups (broad SMARTS) is 1. The summed E-state index contributed by atoms with van der Waals surface area (Å²) in [5.41, 5.74) is 0. The second-order valence-electron chi connectivity index (χ2n) is 4.12. The number of hydrogen-bond acceptors (Lipinski definition) is 5. The Bertz CT molecular complexity index is 419. The summed E-state index contributed by atoms with van der Waals surface area (Å²) in [6, 6.07) is 0. The molecule has 0 saturated heterocycles. The van der Waals surface area contributed by atoms with E-state index < -0.39 is 5.97 Å². The number of aliphatic carboxylic acids is 1. The molecule has 100 valence electrons. The molecule has 1 amide bonds. The normalized spacial score (nSPS) is 10.6. The fraction of sp³-hybridized carbons (Fsp3) is 0.600. The van der Waals surface area contributed by atoms with E-state index in [0.717, 1.165) is 11.8 Å². The summed E-state index contributed by atoms with van der Waals surface area (Å²) in [7, 11) is 0. The molecule has 0 unspecified atom stereocenters. The molecule has 0 bridgehead atoms. The lowest BCUT2D eigenvalue weighted by molar-refractivity contribution is -0.133. The van der Waals surface area contributed by atoms with E-state index in [9.17, 15) is 9.59 Å². The van der Waals surface area contributed by atoms with E-state index in [1.807, 2.05) is 13.8 Å². The van der Waals surface area contributed by atoms with Crippen molar-refractivity contribution in [1.82, 2.24) is 20.1 Å². The van der Waals surface area contributed by atoms with Crippen molar-refractivity contribution < 1.29 is 14.7 Å². The van der Waals surface area contributed by atoms with Gasteiger partial charge in [-0.25, -0.2) is 0 Å². The van der Waals surface area contributed by atoms with Crippen molar-refractivity contribution in [1.29, 1.82) is 0 Å². The molecule has 18 heavy (non-hydrogen) atoms. The van der Waals surface area contributed by atoms with E-state index in [4.69, 9.17) is 5.11 Å². The molecule has 1 aromatic rings. The summed E-state index contributed by atoms with van der Waals surface area (Å²) in [4.78, 5) is 22.0. The molecule has 0 spiro atoms. The Morgan fingerprint density at radius 3 is 2.89 bits per heavy atom. The lowest BCUT2D eigenvalue weighted by Gasteiger charge is -2.08. The minimum absolute atomic E-state index is 0.0989. The maximum absolute atomic E-state index is 11.6. The number of nitrogens with zero attached hydrogens (tertiary/aromatic N) is 3. The van der Waals surface area contributed by atoms with Crippen molar-refractivity contribution in [3.8, 4) is 0 Å². The minimum Gasteiger partial charge on any atom is -0.481 e. The summed E-state index contributed by atoms with van der Waals surface area (Å²) < 4.78 is 1.53. The Morgan fingerprint density at radius 2 is 2.28 bits per heavy atom. The van der Waals surface area contributed by atoms with Gasteiger partial charge in [0.15, 0.2) is 5.16 Å². The first-order valence-corrected chi connectivity index (χ1v) is 6.46. The molecule has 0 atom stereocenters. The maximum Gasteiger partial charge on any atom is 0.313 e. The lowest BCUT2D eigenvalue weighted by atomic mass is 10.2. The highest BCUT2D eigenvalue weighted by molar-refractivity contribution is 7.99. The molecule has 0 fully saturated rings. The zero-order valence-electron chi connectivity index (χ0n) is 10.3. The van der Waals surface area contributed by atoms with Crippen LogP contribution in [0.5, 0.6) is 0 Å². The van der Waals surface area contributed by atoms with Gasteiger partial charge in [-0.15, -0.1) is 10.2 Å². The molecule has 0 radical (unpaired) electrons. The Hall–Kier alpha value is -1.57. The van der Waals surface area contributed by atoms with Crippen LogP contribution in [0.15, 0.2) is 11.5 Å². The average molecular weight is 272 g/mol. The third-order valence-corrected chi connectivity index (χ3v) is 2.89. The van der Waals surface area contributed by atoms with Crippen molar-refractivity contribution in [3.05, 3.63) is 6.33 Å². The van der Waals surface area contributed by atoms with Gasteiger partial charge >= 0.3 is 5.97 Å². The van der Waals surface area contributed by atoms with Crippen LogP contribution in [0.1, 0.15) is 13.8 Å². The molecule has 0 aliphatic heterocycles. The van der Waals surface area contributed by atoms with Gasteiger partial charge in [-0.3, -0.25) is 14.2 Å². The van der Waals surface area contributed by atoms with E-state index in [-0.39, 0.29) is 18.2 Å². The van der Waals surface area contributed by atoms with Crippen molar-refractivity contribution in [2.75, 3.05) is 12.3 Å². The molecule has 0 aliphatic rings. The number of rotatable bonds is 7. The highest BCUT2D eigenvalue weighted by Crippen LogP contribution is 2.13. The molecule has 1 aromatic heterocycles. The van der Waals surface area contributed by atoms with Crippen molar-refractivity contribution in [2.24, 2.45) is 5.92 Å². The molecule has 1 heterocycles. The summed E-state index contributed by atoms with van der Waals surface area (Å²) in [5.74, 6) is -0.790. The number of amides is 1. The van der Waals surface area contributed by atoms with Crippen molar-refractivity contribution in [3.63, 3.8) is 0 Å². The Morgan fingerprint density at radius 1 is 1.56 bits per heavy atom. The van der Waals surface area contributed by atoms with Crippen LogP contribution in [-0.2, 0) is 16.1 Å². The summed E-state index contributed by atoms with van der Waals surface area (Å²) >= 11 is 1.04. The first-order chi connectivity index (χ1) is 8.49. The highest BCUT2D eigenvalue weighted by Gasteiger charge is 2.10. The Balaban J connectivity index is 2.48. The topological polar surface area (TPSA) is 97.1 Å². The largest absolute Gasteiger partial charge is 0.481 e. The van der Waals surface area contributed by atoms with Gasteiger partial charge in [0.1, 0.15) is 12.9 Å². The molecule has 1 rings (SSSR count). The number of carbonyl (C=O) groups excluding carboxylic acids is 1. The second kappa shape index (κ2) is 7.00. The van der Waals surface area contributed by atoms with E-state index >= 15 is 0 Å². The van der Waals surface area contributed by atoms with Gasteiger partial charge in [-0.05, 0) is 5.92 Å². The highest BCUT2D eigenvalue weighted by atomic mass is 32.2. The number of nitrogens with one attached hydrogen (secondary N) is 1. The molecule has 0 aliphatic carbocycles. The van der Waals surface area contributed by atoms with Gasteiger partial charge in [0.2, 0.25) is 5.91 Å². The van der Waals surface area contributed by atoms with Gasteiger partial charge in [0, 0.05) is 6.54 Å². The molecule has 0 aromatic carbocycles. The van der Waals surface area contributed by atoms with Crippen LogP contribution in [0, 0.1) is 5.92 Å². The molecule has 8 heteroatoms. The first-order valence-electron chi connectivity index (χ1n) is 5.48. The van der Waals surface area contributed by atoms with E-state index in [1.165, 1.54) is 10.9 Å². The molecule has 0 saturated carbocycles. The third-order valence-electron chi connectivity index (χ3n) is 1.93. The summed E-state index contributed by atoms with van der Waals surface area (Å²) in [6.07, 6.45) is 1.42. The molecule has 7 nitrogen and oxygen atoms in total. The number of hydrogen-bond donors (Lipinski definition) is 2. The lowest BCUT2D eigenvalue weighted by Crippen LogP contribution is -2.30. The van der Waals surface area contributed by atoms with Crippen LogP contribution in [0.25, 0.3) is 0 Å². The molecular formula is C10H16N4O3S. The van der Waals surface area contributed by atoms with Crippen LogP contribution >= 0.6 is 11.8 Å². The minimum atomic E-state index is -0.932. The molecule has 2 N–H and O–H groups in total. The van der Waals surface area contributed by atoms with Gasteiger partial charge in [0.25, 0.3) is 0 Å². The Kier molecular flexibility index (Phi) is 5.63. The zero-order chi connectivity index (χ0) is 13.5. The fourth-order valence-electron chi connectivity index (χ4n) is 1.12. The SMILES string of the molecule is CC(C)CNC(=O)Cn1cnnc1SCC(=O)O. The van der Waals surface area contributed by atoms with E-state index in [0.29, 0.717) is 17.6 Å². The van der Waals surface area contributed by atoms with Crippen molar-refractivity contribution >= 4 is 23.6 Å². The predicted octanol–water partition coefficient (Wildman–Crippen LogP) is 0.227. The summed E-state index contributed by atoms with van der Waals surface area (Å²) in [5, 5.41) is 19.2. The number of thioether (sulfide) groups is 1. The average Bonchev–Trinajstić information content (AvgIpc) is 2.71. The number of carbonyl (C=O) groups is 2. The fourth-order valence-corrected chi connectivity index (χ4v) is 1.75. The first kappa shape index (κ1) is 14.5. The van der Waals surface area contributed by atoms with Crippen LogP contribution in [-0.4, -0.2) is 44.0 Å². The zero-order valence-corrected chi connectivity index (χ0v) is 11.1. The summed E-state index contributed by atoms with van der Waals surface area (Å²) in [6.45, 7) is 4.72. The molecular weight excluding hydrogens is 256 g/mol. The van der Waals surface area contributed by atoms with E-state index in [2.05, 4.69) is 15.5 Å². The monoisotopic (exact) mass is 272 g/mol.